The molecule has 134 valence electrons. The minimum Gasteiger partial charge on any atom is -0.465 e. The first-order valence-corrected chi connectivity index (χ1v) is 7.95. The van der Waals surface area contributed by atoms with Gasteiger partial charge in [-0.05, 0) is 31.7 Å². The molecule has 1 aromatic rings. The molecule has 3 rings (SSSR count). The predicted molar refractivity (Wildman–Crippen MR) is 89.2 cm³/mol. The maximum absolute atomic E-state index is 13.9. The van der Waals surface area contributed by atoms with Gasteiger partial charge in [0.25, 0.3) is 0 Å². The van der Waals surface area contributed by atoms with Crippen LogP contribution < -0.4 is 16.4 Å². The Morgan fingerprint density at radius 2 is 1.84 bits per heavy atom. The Morgan fingerprint density at radius 1 is 1.20 bits per heavy atom. The van der Waals surface area contributed by atoms with E-state index in [1.807, 2.05) is 0 Å². The van der Waals surface area contributed by atoms with Crippen molar-refractivity contribution in [1.29, 1.82) is 0 Å². The van der Waals surface area contributed by atoms with Gasteiger partial charge >= 0.3 is 5.97 Å². The largest absolute Gasteiger partial charge is 0.465 e. The fourth-order valence-electron chi connectivity index (χ4n) is 3.46. The zero-order valence-electron chi connectivity index (χ0n) is 13.8. The number of nitrogens with two attached hydrogens (primary N) is 2. The highest BCUT2D eigenvalue weighted by atomic mass is 19.2. The number of nitrogens with zero attached hydrogens (tertiary/aromatic N) is 3. The van der Waals surface area contributed by atoms with Crippen molar-refractivity contribution in [3.05, 3.63) is 29.3 Å². The van der Waals surface area contributed by atoms with Crippen LogP contribution in [0.15, 0.2) is 22.1 Å². The number of guanidine groups is 2. The Bertz CT molecular complexity index is 772. The van der Waals surface area contributed by atoms with Crippen LogP contribution in [0.5, 0.6) is 0 Å². The summed E-state index contributed by atoms with van der Waals surface area (Å²) in [4.78, 5) is 22.0. The summed E-state index contributed by atoms with van der Waals surface area (Å²) < 4.78 is 32.4. The van der Waals surface area contributed by atoms with Gasteiger partial charge in [-0.25, -0.2) is 18.6 Å². The highest BCUT2D eigenvalue weighted by molar-refractivity contribution is 6.09. The van der Waals surface area contributed by atoms with Crippen molar-refractivity contribution >= 4 is 23.6 Å². The molecular formula is C16H19F2N5O2. The third-order valence-corrected chi connectivity index (χ3v) is 4.54. The predicted octanol–water partition coefficient (Wildman–Crippen LogP) is 1.86. The number of halogens is 2. The number of benzene rings is 1. The maximum atomic E-state index is 13.9. The van der Waals surface area contributed by atoms with E-state index in [-0.39, 0.29) is 23.2 Å². The summed E-state index contributed by atoms with van der Waals surface area (Å²) in [5.74, 6) is -3.07. The second-order valence-corrected chi connectivity index (χ2v) is 6.09. The van der Waals surface area contributed by atoms with Gasteiger partial charge in [0.15, 0.2) is 11.6 Å². The molecule has 0 unspecified atom stereocenters. The van der Waals surface area contributed by atoms with E-state index in [0.29, 0.717) is 12.8 Å². The molecule has 0 amide bonds. The molecule has 4 N–H and O–H groups in total. The van der Waals surface area contributed by atoms with Gasteiger partial charge in [-0.15, -0.1) is 0 Å². The molecule has 0 aromatic heterocycles. The van der Waals surface area contributed by atoms with Crippen LogP contribution in [0.1, 0.15) is 42.5 Å². The standard InChI is InChI=1S/C16H19F2N5O2/c1-25-13(24)9-7-10(17)11(18)8-12(9)23-15(20)21-14(19)22-16(23)5-3-2-4-6-16/h7-8H,2-6H2,1H3,(H4,19,20,21,22). The number of carbonyl (C=O) groups is 1. The van der Waals surface area contributed by atoms with E-state index >= 15 is 0 Å². The Kier molecular flexibility index (Phi) is 4.32. The molecule has 1 saturated carbocycles. The van der Waals surface area contributed by atoms with Gasteiger partial charge in [-0.2, -0.15) is 4.99 Å². The van der Waals surface area contributed by atoms with Crippen molar-refractivity contribution in [2.24, 2.45) is 21.5 Å². The molecular weight excluding hydrogens is 332 g/mol. The van der Waals surface area contributed by atoms with E-state index in [1.165, 1.54) is 4.90 Å². The molecule has 0 saturated heterocycles. The lowest BCUT2D eigenvalue weighted by atomic mass is 9.87. The summed E-state index contributed by atoms with van der Waals surface area (Å²) in [7, 11) is 1.16. The number of anilines is 1. The molecule has 7 nitrogen and oxygen atoms in total. The van der Waals surface area contributed by atoms with Crippen LogP contribution in [0.4, 0.5) is 14.5 Å². The van der Waals surface area contributed by atoms with Gasteiger partial charge < -0.3 is 16.2 Å². The lowest BCUT2D eigenvalue weighted by Crippen LogP contribution is -2.58. The molecule has 1 heterocycles. The summed E-state index contributed by atoms with van der Waals surface area (Å²) in [5, 5.41) is 0. The van der Waals surface area contributed by atoms with Crippen molar-refractivity contribution in [1.82, 2.24) is 0 Å². The van der Waals surface area contributed by atoms with Gasteiger partial charge in [0.05, 0.1) is 18.4 Å². The van der Waals surface area contributed by atoms with Crippen molar-refractivity contribution < 1.29 is 18.3 Å². The Balaban J connectivity index is 2.20. The van der Waals surface area contributed by atoms with E-state index < -0.39 is 23.3 Å². The molecule has 25 heavy (non-hydrogen) atoms. The van der Waals surface area contributed by atoms with Crippen LogP contribution in [0.3, 0.4) is 0 Å². The average molecular weight is 351 g/mol. The molecule has 1 aliphatic carbocycles. The van der Waals surface area contributed by atoms with Crippen LogP contribution in [0, 0.1) is 11.6 Å². The van der Waals surface area contributed by atoms with E-state index in [0.717, 1.165) is 38.5 Å². The number of aliphatic imine (C=N–C) groups is 2. The lowest BCUT2D eigenvalue weighted by molar-refractivity contribution is 0.0600. The summed E-state index contributed by atoms with van der Waals surface area (Å²) >= 11 is 0. The van der Waals surface area contributed by atoms with Gasteiger partial charge in [-0.3, -0.25) is 4.90 Å². The topological polar surface area (TPSA) is 106 Å². The smallest absolute Gasteiger partial charge is 0.340 e. The highest BCUT2D eigenvalue weighted by Gasteiger charge is 2.44. The highest BCUT2D eigenvalue weighted by Crippen LogP contribution is 2.41. The van der Waals surface area contributed by atoms with Crippen LogP contribution in [0.25, 0.3) is 0 Å². The second kappa shape index (κ2) is 6.30. The molecule has 1 aromatic carbocycles. The molecule has 1 aliphatic heterocycles. The van der Waals surface area contributed by atoms with E-state index in [9.17, 15) is 13.6 Å². The quantitative estimate of drug-likeness (QED) is 0.791. The molecule has 0 atom stereocenters. The third kappa shape index (κ3) is 2.90. The SMILES string of the molecule is COC(=O)c1cc(F)c(F)cc1N1C(N)=NC(N)=NC12CCCCC2. The number of hydrogen-bond acceptors (Lipinski definition) is 7. The summed E-state index contributed by atoms with van der Waals surface area (Å²) in [6.07, 6.45) is 3.94. The zero-order valence-corrected chi connectivity index (χ0v) is 13.8. The number of methoxy groups -OCH3 is 1. The van der Waals surface area contributed by atoms with Crippen LogP contribution in [0.2, 0.25) is 0 Å². The monoisotopic (exact) mass is 351 g/mol. The minimum absolute atomic E-state index is 0.0226. The van der Waals surface area contributed by atoms with E-state index in [4.69, 9.17) is 16.2 Å². The fraction of sp³-hybridized carbons (Fsp3) is 0.438. The molecule has 2 aliphatic rings. The summed E-state index contributed by atoms with van der Waals surface area (Å²) in [6.45, 7) is 0. The van der Waals surface area contributed by atoms with Crippen LogP contribution in [-0.2, 0) is 4.74 Å². The number of esters is 1. The van der Waals surface area contributed by atoms with Crippen molar-refractivity contribution in [3.63, 3.8) is 0 Å². The molecule has 1 spiro atoms. The zero-order chi connectivity index (χ0) is 18.2. The molecule has 0 radical (unpaired) electrons. The lowest BCUT2D eigenvalue weighted by Gasteiger charge is -2.46. The number of hydrogen-bond donors (Lipinski definition) is 2. The first-order valence-electron chi connectivity index (χ1n) is 7.95. The maximum Gasteiger partial charge on any atom is 0.340 e. The second-order valence-electron chi connectivity index (χ2n) is 6.09. The fourth-order valence-corrected chi connectivity index (χ4v) is 3.46. The Hall–Kier alpha value is -2.71. The van der Waals surface area contributed by atoms with Crippen molar-refractivity contribution in [3.8, 4) is 0 Å². The third-order valence-electron chi connectivity index (χ3n) is 4.54. The van der Waals surface area contributed by atoms with Crippen LogP contribution in [-0.4, -0.2) is 30.7 Å². The van der Waals surface area contributed by atoms with Gasteiger partial charge in [0.2, 0.25) is 11.9 Å². The first-order chi connectivity index (χ1) is 11.9. The minimum atomic E-state index is -1.16. The number of carbonyl (C=O) groups excluding carboxylic acids is 1. The van der Waals surface area contributed by atoms with Crippen molar-refractivity contribution in [2.75, 3.05) is 12.0 Å². The normalized spacial score (nSPS) is 19.4. The van der Waals surface area contributed by atoms with E-state index in [1.54, 1.807) is 0 Å². The van der Waals surface area contributed by atoms with E-state index in [2.05, 4.69) is 9.98 Å². The van der Waals surface area contributed by atoms with Crippen molar-refractivity contribution in [2.45, 2.75) is 37.8 Å². The summed E-state index contributed by atoms with van der Waals surface area (Å²) in [5.41, 5.74) is 10.9. The number of rotatable bonds is 2. The van der Waals surface area contributed by atoms with Crippen LogP contribution >= 0.6 is 0 Å². The Morgan fingerprint density at radius 3 is 2.48 bits per heavy atom. The molecule has 0 bridgehead atoms. The Labute approximate surface area is 143 Å². The van der Waals surface area contributed by atoms with Gasteiger partial charge in [0.1, 0.15) is 5.66 Å². The van der Waals surface area contributed by atoms with Gasteiger partial charge in [0, 0.05) is 6.07 Å². The molecule has 1 fully saturated rings. The average Bonchev–Trinajstić information content (AvgIpc) is 2.57. The van der Waals surface area contributed by atoms with Gasteiger partial charge in [-0.1, -0.05) is 6.42 Å². The summed E-state index contributed by atoms with van der Waals surface area (Å²) in [6, 6.07) is 1.71. The number of ether oxygens (including phenoxy) is 1. The first kappa shape index (κ1) is 17.1. The molecule has 9 heteroatoms.